The molecule has 1 aromatic heterocycles. The second-order valence-corrected chi connectivity index (χ2v) is 12.3. The van der Waals surface area contributed by atoms with Gasteiger partial charge in [0, 0.05) is 12.3 Å². The summed E-state index contributed by atoms with van der Waals surface area (Å²) in [6.45, 7) is 6.98. The molecule has 0 saturated carbocycles. The molecule has 2 heterocycles. The number of benzene rings is 2. The Kier molecular flexibility index (Phi) is 12.9. The first-order valence-corrected chi connectivity index (χ1v) is 16.2. The summed E-state index contributed by atoms with van der Waals surface area (Å²) >= 11 is 0. The standard InChI is InChI=1S/C37H42N2O11/c1-21(2)34(41)48-20-47-32-29(45-6)15-16-38-30(32)33(40)39-28-19-46-36(43)27(31(23(5)49-37(28)44)50-35(42)22(3)4)18-24-11-10-14-26(17-24)25-12-8-7-9-13-25/h7-17,21-23,27-28,31H,18-20H2,1-6H3,(H,39,40)/t23-,27+,28-,31-/m0/s1. The Morgan fingerprint density at radius 1 is 0.920 bits per heavy atom. The van der Waals surface area contributed by atoms with Gasteiger partial charge in [0.25, 0.3) is 5.91 Å². The SMILES string of the molecule is COc1ccnc(C(=O)N[C@H]2COC(=O)[C@H](Cc3cccc(-c4ccccc4)c3)[C@@H](OC(=O)C(C)C)[C@H](C)OC2=O)c1OCOC(=O)C(C)C. The van der Waals surface area contributed by atoms with Crippen molar-refractivity contribution in [2.45, 2.75) is 59.3 Å². The largest absolute Gasteiger partial charge is 0.493 e. The molecule has 13 nitrogen and oxygen atoms in total. The Bertz CT molecular complexity index is 1670. The molecule has 13 heteroatoms. The van der Waals surface area contributed by atoms with Crippen molar-refractivity contribution >= 4 is 29.8 Å². The molecule has 0 spiro atoms. The van der Waals surface area contributed by atoms with Crippen LogP contribution >= 0.6 is 0 Å². The van der Waals surface area contributed by atoms with Crippen LogP contribution in [0.1, 0.15) is 50.7 Å². The van der Waals surface area contributed by atoms with E-state index in [9.17, 15) is 24.0 Å². The maximum absolute atomic E-state index is 13.8. The first kappa shape index (κ1) is 37.4. The summed E-state index contributed by atoms with van der Waals surface area (Å²) in [4.78, 5) is 69.5. The minimum atomic E-state index is -1.48. The Morgan fingerprint density at radius 3 is 2.30 bits per heavy atom. The highest BCUT2D eigenvalue weighted by atomic mass is 16.7. The van der Waals surface area contributed by atoms with E-state index >= 15 is 0 Å². The highest BCUT2D eigenvalue weighted by molar-refractivity contribution is 5.98. The summed E-state index contributed by atoms with van der Waals surface area (Å²) in [5.74, 6) is -5.74. The van der Waals surface area contributed by atoms with Gasteiger partial charge in [0.05, 0.1) is 18.9 Å². The number of amides is 1. The zero-order chi connectivity index (χ0) is 36.4. The molecule has 0 unspecified atom stereocenters. The highest BCUT2D eigenvalue weighted by Crippen LogP contribution is 2.30. The summed E-state index contributed by atoms with van der Waals surface area (Å²) in [6, 6.07) is 17.2. The van der Waals surface area contributed by atoms with E-state index in [1.54, 1.807) is 27.7 Å². The van der Waals surface area contributed by atoms with E-state index in [0.29, 0.717) is 0 Å². The predicted octanol–water partition coefficient (Wildman–Crippen LogP) is 4.31. The molecule has 2 aromatic carbocycles. The number of hydrogen-bond acceptors (Lipinski definition) is 12. The van der Waals surface area contributed by atoms with Gasteiger partial charge in [-0.3, -0.25) is 19.2 Å². The predicted molar refractivity (Wildman–Crippen MR) is 179 cm³/mol. The van der Waals surface area contributed by atoms with E-state index in [1.165, 1.54) is 26.3 Å². The van der Waals surface area contributed by atoms with Crippen molar-refractivity contribution < 1.29 is 52.4 Å². The van der Waals surface area contributed by atoms with Gasteiger partial charge in [-0.05, 0) is 30.0 Å². The van der Waals surface area contributed by atoms with Crippen LogP contribution in [0.15, 0.2) is 66.9 Å². The van der Waals surface area contributed by atoms with Gasteiger partial charge in [0.2, 0.25) is 6.79 Å². The van der Waals surface area contributed by atoms with Crippen molar-refractivity contribution in [1.82, 2.24) is 10.3 Å². The monoisotopic (exact) mass is 690 g/mol. The van der Waals surface area contributed by atoms with Crippen LogP contribution in [0, 0.1) is 17.8 Å². The fourth-order valence-corrected chi connectivity index (χ4v) is 5.08. The van der Waals surface area contributed by atoms with E-state index in [4.69, 9.17) is 28.4 Å². The van der Waals surface area contributed by atoms with Crippen LogP contribution in [0.3, 0.4) is 0 Å². The van der Waals surface area contributed by atoms with Gasteiger partial charge >= 0.3 is 23.9 Å². The number of aromatic nitrogens is 1. The number of nitrogens with zero attached hydrogens (tertiary/aromatic N) is 1. The Balaban J connectivity index is 1.59. The zero-order valence-corrected chi connectivity index (χ0v) is 28.9. The van der Waals surface area contributed by atoms with E-state index in [1.807, 2.05) is 54.6 Å². The van der Waals surface area contributed by atoms with Crippen LogP contribution in [0.25, 0.3) is 11.1 Å². The highest BCUT2D eigenvalue weighted by Gasteiger charge is 2.42. The molecule has 50 heavy (non-hydrogen) atoms. The lowest BCUT2D eigenvalue weighted by Gasteiger charge is -2.29. The first-order valence-electron chi connectivity index (χ1n) is 16.2. The number of carbonyl (C=O) groups excluding carboxylic acids is 5. The molecule has 0 aliphatic carbocycles. The Labute approximate surface area is 290 Å². The Hall–Kier alpha value is -5.46. The first-order chi connectivity index (χ1) is 23.9. The molecule has 0 bridgehead atoms. The minimum absolute atomic E-state index is 0.101. The fourth-order valence-electron chi connectivity index (χ4n) is 5.08. The fraction of sp³-hybridized carbons (Fsp3) is 0.405. The number of pyridine rings is 1. The summed E-state index contributed by atoms with van der Waals surface area (Å²) in [5, 5.41) is 2.49. The lowest BCUT2D eigenvalue weighted by molar-refractivity contribution is -0.176. The number of ether oxygens (including phenoxy) is 6. The number of nitrogens with one attached hydrogen (secondary N) is 1. The summed E-state index contributed by atoms with van der Waals surface area (Å²) in [7, 11) is 1.34. The van der Waals surface area contributed by atoms with Crippen molar-refractivity contribution in [3.63, 3.8) is 0 Å². The van der Waals surface area contributed by atoms with Gasteiger partial charge in [-0.15, -0.1) is 0 Å². The maximum atomic E-state index is 13.8. The number of esters is 4. The van der Waals surface area contributed by atoms with Gasteiger partial charge in [0.1, 0.15) is 18.6 Å². The lowest BCUT2D eigenvalue weighted by Crippen LogP contribution is -2.47. The lowest BCUT2D eigenvalue weighted by atomic mass is 9.89. The van der Waals surface area contributed by atoms with Gasteiger partial charge in [0.15, 0.2) is 29.3 Å². The van der Waals surface area contributed by atoms with Crippen molar-refractivity contribution in [3.05, 3.63) is 78.1 Å². The molecule has 3 aromatic rings. The van der Waals surface area contributed by atoms with E-state index in [2.05, 4.69) is 10.3 Å². The van der Waals surface area contributed by atoms with Gasteiger partial charge < -0.3 is 33.7 Å². The molecule has 1 aliphatic rings. The molecule has 1 fully saturated rings. The number of hydrogen-bond donors (Lipinski definition) is 1. The van der Waals surface area contributed by atoms with Crippen LogP contribution < -0.4 is 14.8 Å². The van der Waals surface area contributed by atoms with Crippen molar-refractivity contribution in [3.8, 4) is 22.6 Å². The van der Waals surface area contributed by atoms with Crippen LogP contribution in [-0.4, -0.2) is 73.5 Å². The van der Waals surface area contributed by atoms with Crippen LogP contribution in [0.5, 0.6) is 11.5 Å². The van der Waals surface area contributed by atoms with E-state index < -0.39 is 79.2 Å². The van der Waals surface area contributed by atoms with Crippen LogP contribution in [-0.2, 0) is 44.5 Å². The normalized spacial score (nSPS) is 19.3. The smallest absolute Gasteiger partial charge is 0.332 e. The molecule has 1 amide bonds. The molecular formula is C37H42N2O11. The summed E-state index contributed by atoms with van der Waals surface area (Å²) in [5.41, 5.74) is 2.37. The van der Waals surface area contributed by atoms with E-state index in [0.717, 1.165) is 16.7 Å². The third-order valence-electron chi connectivity index (χ3n) is 7.84. The second kappa shape index (κ2) is 17.3. The third-order valence-corrected chi connectivity index (χ3v) is 7.84. The van der Waals surface area contributed by atoms with Crippen molar-refractivity contribution in [1.29, 1.82) is 0 Å². The number of methoxy groups -OCH3 is 1. The Morgan fingerprint density at radius 2 is 1.62 bits per heavy atom. The summed E-state index contributed by atoms with van der Waals surface area (Å²) in [6.07, 6.45) is -0.925. The second-order valence-electron chi connectivity index (χ2n) is 12.3. The van der Waals surface area contributed by atoms with Crippen LogP contribution in [0.4, 0.5) is 0 Å². The number of cyclic esters (lactones) is 2. The summed E-state index contributed by atoms with van der Waals surface area (Å²) < 4.78 is 33.0. The minimum Gasteiger partial charge on any atom is -0.493 e. The molecule has 0 radical (unpaired) electrons. The third kappa shape index (κ3) is 9.58. The average molecular weight is 691 g/mol. The molecule has 1 N–H and O–H groups in total. The molecular weight excluding hydrogens is 648 g/mol. The molecule has 4 rings (SSSR count). The van der Waals surface area contributed by atoms with Crippen LogP contribution in [0.2, 0.25) is 0 Å². The van der Waals surface area contributed by atoms with Gasteiger partial charge in [-0.1, -0.05) is 82.3 Å². The van der Waals surface area contributed by atoms with Crippen molar-refractivity contribution in [2.24, 2.45) is 17.8 Å². The zero-order valence-electron chi connectivity index (χ0n) is 28.9. The average Bonchev–Trinajstić information content (AvgIpc) is 3.14. The maximum Gasteiger partial charge on any atom is 0.332 e. The molecule has 1 saturated heterocycles. The topological polar surface area (TPSA) is 166 Å². The molecule has 266 valence electrons. The molecule has 1 aliphatic heterocycles. The number of rotatable bonds is 12. The van der Waals surface area contributed by atoms with Gasteiger partial charge in [-0.25, -0.2) is 9.78 Å². The van der Waals surface area contributed by atoms with E-state index in [-0.39, 0.29) is 23.6 Å². The molecule has 4 atom stereocenters. The number of carbonyl (C=O) groups is 5. The van der Waals surface area contributed by atoms with Gasteiger partial charge in [-0.2, -0.15) is 0 Å². The van der Waals surface area contributed by atoms with Crippen molar-refractivity contribution in [2.75, 3.05) is 20.5 Å². The quantitative estimate of drug-likeness (QED) is 0.163.